The minimum absolute atomic E-state index is 0. The maximum absolute atomic E-state index is 5.54. The van der Waals surface area contributed by atoms with Crippen LogP contribution < -0.4 is 20.3 Å². The molecule has 2 aromatic carbocycles. The molecule has 1 aliphatic heterocycles. The Bertz CT molecular complexity index is 963. The van der Waals surface area contributed by atoms with Gasteiger partial charge in [0.1, 0.15) is 11.5 Å². The third-order valence-corrected chi connectivity index (χ3v) is 5.46. The van der Waals surface area contributed by atoms with Crippen LogP contribution in [0.25, 0.3) is 0 Å². The minimum Gasteiger partial charge on any atom is -0.495 e. The van der Waals surface area contributed by atoms with E-state index in [1.807, 2.05) is 42.5 Å². The molecular formula is C25H31IN4O2. The Morgan fingerprint density at radius 1 is 1.09 bits per heavy atom. The first-order chi connectivity index (χ1) is 15.3. The number of aliphatic imine (C=N–C) groups is 1. The first kappa shape index (κ1) is 24.0. The van der Waals surface area contributed by atoms with Crippen LogP contribution in [0.5, 0.6) is 5.75 Å². The molecule has 0 spiro atoms. The average Bonchev–Trinajstić information content (AvgIpc) is 3.50. The Morgan fingerprint density at radius 3 is 2.69 bits per heavy atom. The molecule has 0 aliphatic carbocycles. The molecule has 170 valence electrons. The van der Waals surface area contributed by atoms with E-state index in [-0.39, 0.29) is 24.0 Å². The molecule has 1 aromatic heterocycles. The molecule has 1 saturated heterocycles. The average molecular weight is 546 g/mol. The summed E-state index contributed by atoms with van der Waals surface area (Å²) in [5.41, 5.74) is 2.33. The van der Waals surface area contributed by atoms with E-state index in [1.54, 1.807) is 13.4 Å². The summed E-state index contributed by atoms with van der Waals surface area (Å²) in [4.78, 5) is 7.20. The minimum atomic E-state index is 0. The SMILES string of the molecule is COc1ccccc1N1CCC(NC(=NCc2ccccc2)NCCc2ccco2)C1.I. The van der Waals surface area contributed by atoms with Crippen LogP contribution in [-0.4, -0.2) is 38.7 Å². The van der Waals surface area contributed by atoms with Crippen molar-refractivity contribution >= 4 is 35.6 Å². The van der Waals surface area contributed by atoms with Crippen molar-refractivity contribution in [1.82, 2.24) is 10.6 Å². The third kappa shape index (κ3) is 6.66. The number of guanidine groups is 1. The predicted octanol–water partition coefficient (Wildman–Crippen LogP) is 4.46. The predicted molar refractivity (Wildman–Crippen MR) is 140 cm³/mol. The molecule has 4 rings (SSSR count). The van der Waals surface area contributed by atoms with Gasteiger partial charge in [0.05, 0.1) is 25.6 Å². The van der Waals surface area contributed by atoms with Gasteiger partial charge in [0.25, 0.3) is 0 Å². The Kier molecular flexibility index (Phi) is 9.27. The lowest BCUT2D eigenvalue weighted by Gasteiger charge is -2.22. The Labute approximate surface area is 207 Å². The van der Waals surface area contributed by atoms with Crippen molar-refractivity contribution in [3.63, 3.8) is 0 Å². The number of halogens is 1. The molecule has 2 N–H and O–H groups in total. The van der Waals surface area contributed by atoms with E-state index in [9.17, 15) is 0 Å². The van der Waals surface area contributed by atoms with Gasteiger partial charge in [-0.05, 0) is 36.2 Å². The van der Waals surface area contributed by atoms with Crippen LogP contribution in [0, 0.1) is 0 Å². The Morgan fingerprint density at radius 2 is 1.91 bits per heavy atom. The van der Waals surface area contributed by atoms with E-state index in [4.69, 9.17) is 14.1 Å². The van der Waals surface area contributed by atoms with E-state index in [1.165, 1.54) is 5.56 Å². The summed E-state index contributed by atoms with van der Waals surface area (Å²) in [6.45, 7) is 3.29. The number of para-hydroxylation sites is 2. The molecule has 0 bridgehead atoms. The van der Waals surface area contributed by atoms with Crippen LogP contribution in [0.1, 0.15) is 17.7 Å². The van der Waals surface area contributed by atoms with Gasteiger partial charge in [-0.1, -0.05) is 42.5 Å². The molecule has 1 fully saturated rings. The van der Waals surface area contributed by atoms with Gasteiger partial charge in [0, 0.05) is 32.1 Å². The standard InChI is InChI=1S/C25H30N4O2.HI/c1-30-24-12-6-5-11-23(24)29-16-14-21(19-29)28-25(26-15-13-22-10-7-17-31-22)27-18-20-8-3-2-4-9-20;/h2-12,17,21H,13-16,18-19H2,1H3,(H2,26,27,28);1H. The summed E-state index contributed by atoms with van der Waals surface area (Å²) >= 11 is 0. The second-order valence-corrected chi connectivity index (χ2v) is 7.65. The number of nitrogens with zero attached hydrogens (tertiary/aromatic N) is 2. The van der Waals surface area contributed by atoms with E-state index in [0.29, 0.717) is 12.6 Å². The van der Waals surface area contributed by atoms with Gasteiger partial charge >= 0.3 is 0 Å². The van der Waals surface area contributed by atoms with Crippen molar-refractivity contribution in [2.75, 3.05) is 31.6 Å². The Hall–Kier alpha value is -2.68. The fourth-order valence-electron chi connectivity index (χ4n) is 3.85. The van der Waals surface area contributed by atoms with Crippen molar-refractivity contribution in [2.45, 2.75) is 25.4 Å². The molecule has 0 saturated carbocycles. The van der Waals surface area contributed by atoms with Crippen LogP contribution in [0.3, 0.4) is 0 Å². The zero-order valence-corrected chi connectivity index (χ0v) is 20.7. The third-order valence-electron chi connectivity index (χ3n) is 5.46. The number of rotatable bonds is 8. The van der Waals surface area contributed by atoms with Gasteiger partial charge < -0.3 is 24.7 Å². The van der Waals surface area contributed by atoms with Crippen LogP contribution >= 0.6 is 24.0 Å². The second-order valence-electron chi connectivity index (χ2n) is 7.65. The lowest BCUT2D eigenvalue weighted by Crippen LogP contribution is -2.45. The number of methoxy groups -OCH3 is 1. The highest BCUT2D eigenvalue weighted by Crippen LogP contribution is 2.30. The van der Waals surface area contributed by atoms with Crippen molar-refractivity contribution in [3.05, 3.63) is 84.3 Å². The number of ether oxygens (including phenoxy) is 1. The number of furan rings is 1. The first-order valence-electron chi connectivity index (χ1n) is 10.8. The lowest BCUT2D eigenvalue weighted by molar-refractivity contribution is 0.415. The van der Waals surface area contributed by atoms with Crippen molar-refractivity contribution in [3.8, 4) is 5.75 Å². The second kappa shape index (κ2) is 12.4. The van der Waals surface area contributed by atoms with E-state index >= 15 is 0 Å². The molecule has 32 heavy (non-hydrogen) atoms. The van der Waals surface area contributed by atoms with Gasteiger partial charge in [-0.15, -0.1) is 24.0 Å². The number of anilines is 1. The highest BCUT2D eigenvalue weighted by atomic mass is 127. The maximum Gasteiger partial charge on any atom is 0.191 e. The molecule has 3 aromatic rings. The van der Waals surface area contributed by atoms with Crippen molar-refractivity contribution < 1.29 is 9.15 Å². The smallest absolute Gasteiger partial charge is 0.191 e. The van der Waals surface area contributed by atoms with Crippen LogP contribution in [0.2, 0.25) is 0 Å². The van der Waals surface area contributed by atoms with Gasteiger partial charge in [0.15, 0.2) is 5.96 Å². The summed E-state index contributed by atoms with van der Waals surface area (Å²) < 4.78 is 11.0. The fourth-order valence-corrected chi connectivity index (χ4v) is 3.85. The lowest BCUT2D eigenvalue weighted by atomic mass is 10.2. The molecule has 6 nitrogen and oxygen atoms in total. The van der Waals surface area contributed by atoms with Crippen molar-refractivity contribution in [1.29, 1.82) is 0 Å². The van der Waals surface area contributed by atoms with Gasteiger partial charge in [0.2, 0.25) is 0 Å². The highest BCUT2D eigenvalue weighted by molar-refractivity contribution is 14.0. The normalized spacial score (nSPS) is 15.8. The quantitative estimate of drug-likeness (QED) is 0.248. The summed E-state index contributed by atoms with van der Waals surface area (Å²) in [6.07, 6.45) is 3.57. The van der Waals surface area contributed by atoms with Gasteiger partial charge in [-0.25, -0.2) is 4.99 Å². The zero-order chi connectivity index (χ0) is 21.3. The molecule has 0 amide bonds. The van der Waals surface area contributed by atoms with Gasteiger partial charge in [-0.2, -0.15) is 0 Å². The Balaban J connectivity index is 0.00000289. The topological polar surface area (TPSA) is 62.0 Å². The zero-order valence-electron chi connectivity index (χ0n) is 18.4. The molecular weight excluding hydrogens is 515 g/mol. The molecule has 0 radical (unpaired) electrons. The fraction of sp³-hybridized carbons (Fsp3) is 0.320. The van der Waals surface area contributed by atoms with Crippen LogP contribution in [0.15, 0.2) is 82.4 Å². The monoisotopic (exact) mass is 546 g/mol. The van der Waals surface area contributed by atoms with Crippen molar-refractivity contribution in [2.24, 2.45) is 4.99 Å². The summed E-state index contributed by atoms with van der Waals surface area (Å²) in [6, 6.07) is 22.7. The summed E-state index contributed by atoms with van der Waals surface area (Å²) in [5, 5.41) is 7.10. The van der Waals surface area contributed by atoms with E-state index in [2.05, 4.69) is 39.8 Å². The number of benzene rings is 2. The van der Waals surface area contributed by atoms with Gasteiger partial charge in [-0.3, -0.25) is 0 Å². The maximum atomic E-state index is 5.54. The molecule has 7 heteroatoms. The molecule has 1 unspecified atom stereocenters. The number of hydrogen-bond donors (Lipinski definition) is 2. The first-order valence-corrected chi connectivity index (χ1v) is 10.8. The molecule has 1 aliphatic rings. The largest absolute Gasteiger partial charge is 0.495 e. The molecule has 1 atom stereocenters. The highest BCUT2D eigenvalue weighted by Gasteiger charge is 2.25. The summed E-state index contributed by atoms with van der Waals surface area (Å²) in [7, 11) is 1.72. The summed E-state index contributed by atoms with van der Waals surface area (Å²) in [5.74, 6) is 2.72. The molecule has 2 heterocycles. The number of hydrogen-bond acceptors (Lipinski definition) is 4. The van der Waals surface area contributed by atoms with Crippen LogP contribution in [-0.2, 0) is 13.0 Å². The van der Waals surface area contributed by atoms with Crippen LogP contribution in [0.4, 0.5) is 5.69 Å². The van der Waals surface area contributed by atoms with E-state index < -0.39 is 0 Å². The number of nitrogens with one attached hydrogen (secondary N) is 2. The van der Waals surface area contributed by atoms with E-state index in [0.717, 1.165) is 55.6 Å².